The number of alkyl halides is 1. The molecular formula is C13H21ClN2O2S2. The third-order valence-corrected chi connectivity index (χ3v) is 7.75. The molecule has 20 heavy (non-hydrogen) atoms. The summed E-state index contributed by atoms with van der Waals surface area (Å²) in [4.78, 5) is 3.24. The Morgan fingerprint density at radius 3 is 2.45 bits per heavy atom. The van der Waals surface area contributed by atoms with Crippen molar-refractivity contribution in [3.8, 4) is 0 Å². The monoisotopic (exact) mass is 336 g/mol. The van der Waals surface area contributed by atoms with E-state index in [-0.39, 0.29) is 0 Å². The van der Waals surface area contributed by atoms with Gasteiger partial charge in [-0.25, -0.2) is 8.42 Å². The quantitative estimate of drug-likeness (QED) is 0.776. The molecule has 1 atom stereocenters. The molecule has 1 aromatic rings. The summed E-state index contributed by atoms with van der Waals surface area (Å²) in [6.07, 6.45) is 1.09. The van der Waals surface area contributed by atoms with Crippen molar-refractivity contribution in [2.45, 2.75) is 36.4 Å². The summed E-state index contributed by atoms with van der Waals surface area (Å²) in [7, 11) is -3.34. The first kappa shape index (κ1) is 16.2. The fourth-order valence-electron chi connectivity index (χ4n) is 2.34. The first-order valence-corrected chi connectivity index (χ1v) is 9.67. The summed E-state index contributed by atoms with van der Waals surface area (Å²) in [6, 6.07) is 3.98. The number of rotatable bonds is 5. The molecule has 0 aromatic carbocycles. The molecule has 4 nitrogen and oxygen atoms in total. The zero-order valence-corrected chi connectivity index (χ0v) is 14.3. The van der Waals surface area contributed by atoms with Crippen LogP contribution in [0.1, 0.15) is 25.1 Å². The van der Waals surface area contributed by atoms with Crippen LogP contribution < -0.4 is 0 Å². The highest BCUT2D eigenvalue weighted by molar-refractivity contribution is 7.91. The van der Waals surface area contributed by atoms with Gasteiger partial charge in [-0.15, -0.1) is 22.9 Å². The first-order chi connectivity index (χ1) is 9.48. The third kappa shape index (κ3) is 3.36. The second kappa shape index (κ2) is 6.75. The topological polar surface area (TPSA) is 40.6 Å². The molecule has 1 aliphatic heterocycles. The molecule has 114 valence electrons. The number of hydrogen-bond acceptors (Lipinski definition) is 4. The van der Waals surface area contributed by atoms with Crippen molar-refractivity contribution in [1.29, 1.82) is 0 Å². The van der Waals surface area contributed by atoms with Crippen molar-refractivity contribution < 1.29 is 8.42 Å². The van der Waals surface area contributed by atoms with Crippen molar-refractivity contribution in [2.24, 2.45) is 0 Å². The van der Waals surface area contributed by atoms with Crippen LogP contribution in [0.25, 0.3) is 0 Å². The van der Waals surface area contributed by atoms with E-state index < -0.39 is 10.0 Å². The lowest BCUT2D eigenvalue weighted by Gasteiger charge is -2.36. The van der Waals surface area contributed by atoms with E-state index in [2.05, 4.69) is 18.7 Å². The second-order valence-electron chi connectivity index (χ2n) is 5.05. The lowest BCUT2D eigenvalue weighted by molar-refractivity contribution is 0.143. The van der Waals surface area contributed by atoms with Crippen molar-refractivity contribution in [3.05, 3.63) is 17.0 Å². The minimum Gasteiger partial charge on any atom is -0.298 e. The minimum atomic E-state index is -3.34. The highest BCUT2D eigenvalue weighted by Crippen LogP contribution is 2.26. The first-order valence-electron chi connectivity index (χ1n) is 6.88. The molecule has 2 heterocycles. The Morgan fingerprint density at radius 2 is 1.95 bits per heavy atom. The van der Waals surface area contributed by atoms with Crippen molar-refractivity contribution in [2.75, 3.05) is 26.2 Å². The summed E-state index contributed by atoms with van der Waals surface area (Å²) in [5.74, 6) is 0.363. The van der Waals surface area contributed by atoms with Gasteiger partial charge in [0.25, 0.3) is 10.0 Å². The van der Waals surface area contributed by atoms with E-state index in [1.54, 1.807) is 16.4 Å². The molecule has 0 radical (unpaired) electrons. The number of thiophene rings is 1. The maximum Gasteiger partial charge on any atom is 0.252 e. The van der Waals surface area contributed by atoms with E-state index in [1.807, 2.05) is 0 Å². The van der Waals surface area contributed by atoms with Gasteiger partial charge in [0.15, 0.2) is 0 Å². The predicted octanol–water partition coefficient (Wildman–Crippen LogP) is 2.59. The van der Waals surface area contributed by atoms with E-state index in [1.165, 1.54) is 11.3 Å². The highest BCUT2D eigenvalue weighted by Gasteiger charge is 2.30. The molecule has 1 unspecified atom stereocenters. The highest BCUT2D eigenvalue weighted by atomic mass is 35.5. The van der Waals surface area contributed by atoms with Crippen LogP contribution in [-0.2, 0) is 15.9 Å². The smallest absolute Gasteiger partial charge is 0.252 e. The Morgan fingerprint density at radius 1 is 1.30 bits per heavy atom. The fraction of sp³-hybridized carbons (Fsp3) is 0.692. The second-order valence-corrected chi connectivity index (χ2v) is 8.65. The molecule has 1 fully saturated rings. The molecule has 0 spiro atoms. The molecule has 0 aliphatic carbocycles. The molecule has 0 saturated carbocycles. The van der Waals surface area contributed by atoms with E-state index in [9.17, 15) is 8.42 Å². The van der Waals surface area contributed by atoms with E-state index in [0.717, 1.165) is 24.4 Å². The Bertz CT molecular complexity index is 536. The average molecular weight is 337 g/mol. The van der Waals surface area contributed by atoms with Crippen LogP contribution in [0.3, 0.4) is 0 Å². The van der Waals surface area contributed by atoms with Crippen molar-refractivity contribution in [1.82, 2.24) is 9.21 Å². The van der Waals surface area contributed by atoms with Gasteiger partial charge >= 0.3 is 0 Å². The summed E-state index contributed by atoms with van der Waals surface area (Å²) >= 11 is 7.01. The van der Waals surface area contributed by atoms with E-state index in [4.69, 9.17) is 11.6 Å². The van der Waals surface area contributed by atoms with Crippen molar-refractivity contribution in [3.63, 3.8) is 0 Å². The number of hydrogen-bond donors (Lipinski definition) is 0. The standard InChI is InChI=1S/C13H21ClN2O2S2/c1-3-11(2)15-6-8-16(9-7-15)20(17,18)13-5-4-12(10-14)19-13/h4-5,11H,3,6-10H2,1-2H3. The van der Waals surface area contributed by atoms with Gasteiger partial charge in [-0.05, 0) is 25.5 Å². The molecule has 0 bridgehead atoms. The summed E-state index contributed by atoms with van der Waals surface area (Å²) in [5.41, 5.74) is 0. The SMILES string of the molecule is CCC(C)N1CCN(S(=O)(=O)c2ccc(CCl)s2)CC1. The summed E-state index contributed by atoms with van der Waals surface area (Å²) < 4.78 is 27.1. The zero-order valence-electron chi connectivity index (χ0n) is 11.9. The fourth-order valence-corrected chi connectivity index (χ4v) is 5.37. The van der Waals surface area contributed by atoms with Gasteiger partial charge in [0, 0.05) is 37.1 Å². The van der Waals surface area contributed by atoms with Gasteiger partial charge in [0.05, 0.1) is 5.88 Å². The van der Waals surface area contributed by atoms with Crippen molar-refractivity contribution >= 4 is 33.0 Å². The maximum atomic E-state index is 12.5. The molecule has 1 saturated heterocycles. The molecule has 0 N–H and O–H groups in total. The van der Waals surface area contributed by atoms with Crippen LogP contribution in [0, 0.1) is 0 Å². The largest absolute Gasteiger partial charge is 0.298 e. The van der Waals surface area contributed by atoms with E-state index in [0.29, 0.717) is 29.2 Å². The summed E-state index contributed by atoms with van der Waals surface area (Å²) in [5, 5.41) is 0. The van der Waals surface area contributed by atoms with Gasteiger partial charge in [0.2, 0.25) is 0 Å². The molecule has 2 rings (SSSR count). The Labute approximate surface area is 130 Å². The average Bonchev–Trinajstić information content (AvgIpc) is 2.96. The van der Waals surface area contributed by atoms with Crippen LogP contribution in [0.2, 0.25) is 0 Å². The van der Waals surface area contributed by atoms with Gasteiger partial charge in [-0.3, -0.25) is 4.90 Å². The lowest BCUT2D eigenvalue weighted by Crippen LogP contribution is -2.50. The molecule has 1 aliphatic rings. The van der Waals surface area contributed by atoms with E-state index >= 15 is 0 Å². The Kier molecular flexibility index (Phi) is 5.48. The van der Waals surface area contributed by atoms with Gasteiger partial charge in [-0.1, -0.05) is 6.92 Å². The maximum absolute atomic E-state index is 12.5. The third-order valence-electron chi connectivity index (χ3n) is 3.85. The van der Waals surface area contributed by atoms with Crippen LogP contribution in [0.15, 0.2) is 16.3 Å². The Hall–Kier alpha value is -0.140. The minimum absolute atomic E-state index is 0.363. The normalized spacial score (nSPS) is 20.1. The zero-order chi connectivity index (χ0) is 14.8. The predicted molar refractivity (Wildman–Crippen MR) is 84.0 cm³/mol. The molecule has 1 aromatic heterocycles. The molecule has 0 amide bonds. The Balaban J connectivity index is 2.05. The number of nitrogens with zero attached hydrogens (tertiary/aromatic N) is 2. The summed E-state index contributed by atoms with van der Waals surface area (Å²) in [6.45, 7) is 7.11. The van der Waals surface area contributed by atoms with Crippen LogP contribution in [0.4, 0.5) is 0 Å². The number of halogens is 1. The van der Waals surface area contributed by atoms with Crippen LogP contribution >= 0.6 is 22.9 Å². The van der Waals surface area contributed by atoms with Gasteiger partial charge in [0.1, 0.15) is 4.21 Å². The van der Waals surface area contributed by atoms with Crippen LogP contribution in [0.5, 0.6) is 0 Å². The van der Waals surface area contributed by atoms with Gasteiger partial charge in [-0.2, -0.15) is 4.31 Å². The van der Waals surface area contributed by atoms with Crippen LogP contribution in [-0.4, -0.2) is 49.8 Å². The van der Waals surface area contributed by atoms with Gasteiger partial charge < -0.3 is 0 Å². The molecular weight excluding hydrogens is 316 g/mol. The molecule has 7 heteroatoms. The number of piperazine rings is 1. The number of sulfonamides is 1. The lowest BCUT2D eigenvalue weighted by atomic mass is 10.2.